The Bertz CT molecular complexity index is 934. The van der Waals surface area contributed by atoms with Gasteiger partial charge in [-0.2, -0.15) is 0 Å². The summed E-state index contributed by atoms with van der Waals surface area (Å²) in [5.41, 5.74) is 1.81. The van der Waals surface area contributed by atoms with Crippen molar-refractivity contribution in [2.24, 2.45) is 4.99 Å². The fourth-order valence-corrected chi connectivity index (χ4v) is 3.22. The van der Waals surface area contributed by atoms with Gasteiger partial charge in [0.05, 0.1) is 18.5 Å². The summed E-state index contributed by atoms with van der Waals surface area (Å²) in [6, 6.07) is 15.1. The molecule has 0 atom stereocenters. The number of ether oxygens (including phenoxy) is 1. The third kappa shape index (κ3) is 6.73. The number of unbranched alkanes of at least 4 members (excludes halogenated alkanes) is 5. The molecule has 0 aliphatic rings. The van der Waals surface area contributed by atoms with E-state index in [9.17, 15) is 5.11 Å². The average molecular weight is 471 g/mol. The van der Waals surface area contributed by atoms with Crippen LogP contribution in [0.1, 0.15) is 51.1 Å². The van der Waals surface area contributed by atoms with Crippen molar-refractivity contribution in [3.05, 3.63) is 58.7 Å². The summed E-state index contributed by atoms with van der Waals surface area (Å²) in [7, 11) is 0. The monoisotopic (exact) mass is 470 g/mol. The van der Waals surface area contributed by atoms with Crippen molar-refractivity contribution in [1.82, 2.24) is 4.98 Å². The maximum absolute atomic E-state index is 10.0. The zero-order valence-corrected chi connectivity index (χ0v) is 18.8. The predicted octanol–water partition coefficient (Wildman–Crippen LogP) is 7.30. The highest BCUT2D eigenvalue weighted by Gasteiger charge is 2.12. The number of rotatable bonds is 11. The lowest BCUT2D eigenvalue weighted by Crippen LogP contribution is -1.96. The number of halogens is 1. The molecule has 0 amide bonds. The molecule has 1 heterocycles. The minimum Gasteiger partial charge on any atom is -0.494 e. The molecule has 0 saturated carbocycles. The number of hydrogen-bond donors (Lipinski definition) is 1. The van der Waals surface area contributed by atoms with Crippen molar-refractivity contribution in [2.45, 2.75) is 45.4 Å². The van der Waals surface area contributed by atoms with Gasteiger partial charge < -0.3 is 14.3 Å². The van der Waals surface area contributed by atoms with E-state index in [4.69, 9.17) is 9.15 Å². The number of aliphatic imine (C=N–C) groups is 1. The second-order valence-corrected chi connectivity index (χ2v) is 8.00. The van der Waals surface area contributed by atoms with Crippen LogP contribution in [0.15, 0.2) is 62.4 Å². The van der Waals surface area contributed by atoms with Crippen LogP contribution in [0.5, 0.6) is 11.7 Å². The molecule has 158 valence electrons. The highest BCUT2D eigenvalue weighted by molar-refractivity contribution is 9.10. The maximum atomic E-state index is 10.0. The first kappa shape index (κ1) is 22.1. The molecule has 0 saturated heterocycles. The molecule has 1 N–H and O–H groups in total. The van der Waals surface area contributed by atoms with E-state index in [0.29, 0.717) is 5.89 Å². The van der Waals surface area contributed by atoms with Crippen LogP contribution < -0.4 is 4.74 Å². The van der Waals surface area contributed by atoms with Gasteiger partial charge in [0.25, 0.3) is 0 Å². The lowest BCUT2D eigenvalue weighted by Gasteiger charge is -2.06. The number of benzene rings is 2. The van der Waals surface area contributed by atoms with E-state index in [1.54, 1.807) is 0 Å². The summed E-state index contributed by atoms with van der Waals surface area (Å²) in [5.74, 6) is 0.930. The van der Waals surface area contributed by atoms with Crippen LogP contribution in [-0.4, -0.2) is 22.9 Å². The van der Waals surface area contributed by atoms with Crippen LogP contribution in [-0.2, 0) is 0 Å². The molecule has 0 aliphatic heterocycles. The first-order valence-corrected chi connectivity index (χ1v) is 11.2. The highest BCUT2D eigenvalue weighted by Crippen LogP contribution is 2.27. The van der Waals surface area contributed by atoms with Crippen LogP contribution in [0, 0.1) is 0 Å². The molecule has 0 radical (unpaired) electrons. The Balaban J connectivity index is 1.51. The van der Waals surface area contributed by atoms with Crippen LogP contribution in [0.4, 0.5) is 5.69 Å². The third-order valence-corrected chi connectivity index (χ3v) is 5.19. The van der Waals surface area contributed by atoms with Gasteiger partial charge in [-0.05, 0) is 55.0 Å². The summed E-state index contributed by atoms with van der Waals surface area (Å²) >= 11 is 3.39. The van der Waals surface area contributed by atoms with Gasteiger partial charge in [0.1, 0.15) is 5.75 Å². The van der Waals surface area contributed by atoms with Gasteiger partial charge >= 0.3 is 5.95 Å². The SMILES string of the molecule is CCCCCCCCOc1ccc(N=Cc2nc(-c3ccc(Br)cc3)oc2O)cc1. The van der Waals surface area contributed by atoms with E-state index in [0.717, 1.165) is 34.5 Å². The molecule has 30 heavy (non-hydrogen) atoms. The molecular formula is C24H27BrN2O3. The Morgan fingerprint density at radius 1 is 1.00 bits per heavy atom. The maximum Gasteiger partial charge on any atom is 0.312 e. The Labute approximate surface area is 186 Å². The minimum atomic E-state index is -0.254. The quantitative estimate of drug-likeness (QED) is 0.235. The smallest absolute Gasteiger partial charge is 0.312 e. The number of aromatic hydroxyl groups is 1. The van der Waals surface area contributed by atoms with E-state index >= 15 is 0 Å². The third-order valence-electron chi connectivity index (χ3n) is 4.66. The van der Waals surface area contributed by atoms with Crippen molar-refractivity contribution >= 4 is 27.8 Å². The van der Waals surface area contributed by atoms with Crippen LogP contribution >= 0.6 is 15.9 Å². The summed E-state index contributed by atoms with van der Waals surface area (Å²) in [6.45, 7) is 2.97. The first-order chi connectivity index (χ1) is 14.7. The molecule has 2 aromatic carbocycles. The average Bonchev–Trinajstić information content (AvgIpc) is 3.13. The lowest BCUT2D eigenvalue weighted by atomic mass is 10.1. The Kier molecular flexibility index (Phi) is 8.51. The fourth-order valence-electron chi connectivity index (χ4n) is 2.96. The lowest BCUT2D eigenvalue weighted by molar-refractivity contribution is 0.304. The van der Waals surface area contributed by atoms with Crippen molar-refractivity contribution in [1.29, 1.82) is 0 Å². The van der Waals surface area contributed by atoms with Gasteiger partial charge in [0.15, 0.2) is 5.69 Å². The minimum absolute atomic E-state index is 0.254. The summed E-state index contributed by atoms with van der Waals surface area (Å²) in [5, 5.41) is 10.0. The molecule has 0 bridgehead atoms. The molecule has 6 heteroatoms. The zero-order chi connectivity index (χ0) is 21.2. The number of oxazole rings is 1. The van der Waals surface area contributed by atoms with Gasteiger partial charge in [-0.3, -0.25) is 4.99 Å². The van der Waals surface area contributed by atoms with E-state index in [2.05, 4.69) is 32.8 Å². The van der Waals surface area contributed by atoms with E-state index in [-0.39, 0.29) is 11.6 Å². The van der Waals surface area contributed by atoms with Gasteiger partial charge in [0.2, 0.25) is 5.89 Å². The normalized spacial score (nSPS) is 11.3. The number of aromatic nitrogens is 1. The highest BCUT2D eigenvalue weighted by atomic mass is 79.9. The molecule has 0 fully saturated rings. The standard InChI is InChI=1S/C24H27BrN2O3/c1-2-3-4-5-6-7-16-29-21-14-12-20(13-15-21)26-17-22-24(28)30-23(27-22)18-8-10-19(25)11-9-18/h8-15,17,28H,2-7,16H2,1H3. The molecule has 5 nitrogen and oxygen atoms in total. The molecule has 0 spiro atoms. The van der Waals surface area contributed by atoms with Gasteiger partial charge in [0, 0.05) is 10.0 Å². The van der Waals surface area contributed by atoms with Gasteiger partial charge in [-0.15, -0.1) is 0 Å². The largest absolute Gasteiger partial charge is 0.494 e. The molecule has 0 unspecified atom stereocenters. The molecule has 0 aliphatic carbocycles. The van der Waals surface area contributed by atoms with Crippen molar-refractivity contribution < 1.29 is 14.3 Å². The zero-order valence-electron chi connectivity index (χ0n) is 17.2. The molecule has 3 aromatic rings. The second-order valence-electron chi connectivity index (χ2n) is 7.08. The Hall–Kier alpha value is -2.60. The van der Waals surface area contributed by atoms with Crippen molar-refractivity contribution in [3.63, 3.8) is 0 Å². The summed E-state index contributed by atoms with van der Waals surface area (Å²) < 4.78 is 12.1. The Morgan fingerprint density at radius 3 is 2.43 bits per heavy atom. The van der Waals surface area contributed by atoms with Crippen LogP contribution in [0.3, 0.4) is 0 Å². The summed E-state index contributed by atoms with van der Waals surface area (Å²) in [6.07, 6.45) is 8.97. The Morgan fingerprint density at radius 2 is 1.70 bits per heavy atom. The predicted molar refractivity (Wildman–Crippen MR) is 124 cm³/mol. The van der Waals surface area contributed by atoms with Crippen molar-refractivity contribution in [2.75, 3.05) is 6.61 Å². The van der Waals surface area contributed by atoms with Crippen molar-refractivity contribution in [3.8, 4) is 23.1 Å². The van der Waals surface area contributed by atoms with E-state index in [1.807, 2.05) is 48.5 Å². The fraction of sp³-hybridized carbons (Fsp3) is 0.333. The molecular weight excluding hydrogens is 444 g/mol. The van der Waals surface area contributed by atoms with Gasteiger partial charge in [-0.25, -0.2) is 4.98 Å². The molecule has 3 rings (SSSR count). The first-order valence-electron chi connectivity index (χ1n) is 10.4. The molecule has 1 aromatic heterocycles. The summed E-state index contributed by atoms with van der Waals surface area (Å²) in [4.78, 5) is 8.68. The van der Waals surface area contributed by atoms with Gasteiger partial charge in [-0.1, -0.05) is 55.0 Å². The second kappa shape index (κ2) is 11.6. The van der Waals surface area contributed by atoms with E-state index in [1.165, 1.54) is 38.3 Å². The van der Waals surface area contributed by atoms with E-state index < -0.39 is 0 Å². The number of hydrogen-bond acceptors (Lipinski definition) is 5. The topological polar surface area (TPSA) is 67.9 Å². The van der Waals surface area contributed by atoms with Crippen LogP contribution in [0.25, 0.3) is 11.5 Å². The number of nitrogens with zero attached hydrogens (tertiary/aromatic N) is 2. The van der Waals surface area contributed by atoms with Crippen LogP contribution in [0.2, 0.25) is 0 Å².